The van der Waals surface area contributed by atoms with E-state index >= 15 is 0 Å². The van der Waals surface area contributed by atoms with Crippen LogP contribution in [-0.4, -0.2) is 12.4 Å². The minimum atomic E-state index is -4.28. The van der Waals surface area contributed by atoms with Crippen LogP contribution in [0.1, 0.15) is 13.3 Å². The Morgan fingerprint density at radius 2 is 2.00 bits per heavy atom. The summed E-state index contributed by atoms with van der Waals surface area (Å²) in [6.07, 6.45) is -4.78. The minimum absolute atomic E-state index is 0.0392. The van der Waals surface area contributed by atoms with E-state index in [1.807, 2.05) is 0 Å². The van der Waals surface area contributed by atoms with Gasteiger partial charge >= 0.3 is 6.18 Å². The van der Waals surface area contributed by atoms with Crippen molar-refractivity contribution >= 4 is 6.21 Å². The van der Waals surface area contributed by atoms with Gasteiger partial charge in [-0.25, -0.2) is 0 Å². The Labute approximate surface area is 62.4 Å². The summed E-state index contributed by atoms with van der Waals surface area (Å²) in [5, 5.41) is 6.61. The van der Waals surface area contributed by atoms with Gasteiger partial charge in [-0.2, -0.15) is 13.2 Å². The van der Waals surface area contributed by atoms with Gasteiger partial charge in [0.05, 0.1) is 6.42 Å². The molecular formula is C6H9F3N2. The summed E-state index contributed by atoms with van der Waals surface area (Å²) in [4.78, 5) is 0. The zero-order chi connectivity index (χ0) is 9.07. The third-order valence-electron chi connectivity index (χ3n) is 1.07. The van der Waals surface area contributed by atoms with Gasteiger partial charge in [-0.15, -0.1) is 0 Å². The average Bonchev–Trinajstić information content (AvgIpc) is 1.80. The fourth-order valence-electron chi connectivity index (χ4n) is 0.520. The highest BCUT2D eigenvalue weighted by molar-refractivity contribution is 5.76. The first-order valence-corrected chi connectivity index (χ1v) is 2.89. The summed E-state index contributed by atoms with van der Waals surface area (Å²) < 4.78 is 35.0. The Balaban J connectivity index is 4.35. The summed E-state index contributed by atoms with van der Waals surface area (Å²) >= 11 is 0. The lowest BCUT2D eigenvalue weighted by molar-refractivity contribution is -0.126. The molecule has 0 saturated heterocycles. The second kappa shape index (κ2) is 3.41. The van der Waals surface area contributed by atoms with Crippen molar-refractivity contribution in [3.63, 3.8) is 0 Å². The quantitative estimate of drug-likeness (QED) is 0.604. The smallest absolute Gasteiger partial charge is 0.393 e. The Bertz CT molecular complexity index is 177. The van der Waals surface area contributed by atoms with Crippen molar-refractivity contribution in [1.29, 1.82) is 5.41 Å². The number of nitrogens with one attached hydrogen (secondary N) is 1. The highest BCUT2D eigenvalue weighted by Crippen LogP contribution is 2.24. The van der Waals surface area contributed by atoms with Crippen LogP contribution in [0.15, 0.2) is 11.3 Å². The van der Waals surface area contributed by atoms with Gasteiger partial charge in [0.2, 0.25) is 0 Å². The van der Waals surface area contributed by atoms with Crippen LogP contribution in [0.2, 0.25) is 0 Å². The lowest BCUT2D eigenvalue weighted by atomic mass is 10.1. The first kappa shape index (κ1) is 10.0. The Morgan fingerprint density at radius 1 is 1.55 bits per heavy atom. The number of hydrogen-bond donors (Lipinski definition) is 2. The van der Waals surface area contributed by atoms with Gasteiger partial charge in [-0.1, -0.05) is 0 Å². The average molecular weight is 166 g/mol. The topological polar surface area (TPSA) is 49.9 Å². The number of nitrogens with two attached hydrogens (primary N) is 1. The van der Waals surface area contributed by atoms with Crippen LogP contribution in [0, 0.1) is 5.41 Å². The van der Waals surface area contributed by atoms with Crippen molar-refractivity contribution in [2.45, 2.75) is 19.5 Å². The number of hydrogen-bond acceptors (Lipinski definition) is 2. The van der Waals surface area contributed by atoms with Gasteiger partial charge in [0.25, 0.3) is 0 Å². The molecule has 0 spiro atoms. The van der Waals surface area contributed by atoms with E-state index in [2.05, 4.69) is 0 Å². The van der Waals surface area contributed by atoms with Crippen LogP contribution in [-0.2, 0) is 0 Å². The SMILES string of the molecule is C/C(N)=C(/C=N)CC(F)(F)F. The first-order chi connectivity index (χ1) is 4.87. The third-order valence-corrected chi connectivity index (χ3v) is 1.07. The second-order valence-electron chi connectivity index (χ2n) is 2.14. The van der Waals surface area contributed by atoms with Gasteiger partial charge in [0.1, 0.15) is 0 Å². The Kier molecular flexibility index (Phi) is 3.10. The van der Waals surface area contributed by atoms with E-state index < -0.39 is 12.6 Å². The molecule has 0 aliphatic carbocycles. The fourth-order valence-corrected chi connectivity index (χ4v) is 0.520. The molecule has 0 unspecified atom stereocenters. The largest absolute Gasteiger partial charge is 0.402 e. The van der Waals surface area contributed by atoms with Crippen molar-refractivity contribution in [2.75, 3.05) is 0 Å². The molecule has 0 rings (SSSR count). The summed E-state index contributed by atoms with van der Waals surface area (Å²) in [7, 11) is 0. The normalized spacial score (nSPS) is 14.2. The molecule has 0 radical (unpaired) electrons. The van der Waals surface area contributed by atoms with Crippen molar-refractivity contribution < 1.29 is 13.2 Å². The van der Waals surface area contributed by atoms with E-state index in [0.29, 0.717) is 6.21 Å². The summed E-state index contributed by atoms with van der Waals surface area (Å²) in [6, 6.07) is 0. The number of halogens is 3. The molecule has 5 heteroatoms. The molecule has 0 aromatic rings. The van der Waals surface area contributed by atoms with E-state index in [-0.39, 0.29) is 11.3 Å². The van der Waals surface area contributed by atoms with E-state index in [4.69, 9.17) is 11.1 Å². The molecule has 2 nitrogen and oxygen atoms in total. The van der Waals surface area contributed by atoms with Gasteiger partial charge < -0.3 is 11.1 Å². The fraction of sp³-hybridized carbons (Fsp3) is 0.500. The summed E-state index contributed by atoms with van der Waals surface area (Å²) in [5.41, 5.74) is 4.94. The highest BCUT2D eigenvalue weighted by atomic mass is 19.4. The predicted octanol–water partition coefficient (Wildman–Crippen LogP) is 1.82. The zero-order valence-corrected chi connectivity index (χ0v) is 6.00. The van der Waals surface area contributed by atoms with Crippen molar-refractivity contribution in [1.82, 2.24) is 0 Å². The predicted molar refractivity (Wildman–Crippen MR) is 36.3 cm³/mol. The number of allylic oxidation sites excluding steroid dienone is 2. The van der Waals surface area contributed by atoms with Gasteiger partial charge in [-0.3, -0.25) is 0 Å². The number of alkyl halides is 3. The molecule has 0 fully saturated rings. The lowest BCUT2D eigenvalue weighted by Crippen LogP contribution is -2.12. The standard InChI is InChI=1S/C6H9F3N2/c1-4(11)5(3-10)2-6(7,8)9/h3,10H,2,11H2,1H3/b5-4-,10-3?. The molecule has 0 atom stereocenters. The van der Waals surface area contributed by atoms with E-state index in [9.17, 15) is 13.2 Å². The van der Waals surface area contributed by atoms with Crippen molar-refractivity contribution in [3.05, 3.63) is 11.3 Å². The molecule has 64 valence electrons. The summed E-state index contributed by atoms with van der Waals surface area (Å²) in [6.45, 7) is 1.34. The molecule has 0 bridgehead atoms. The van der Waals surface area contributed by atoms with E-state index in [1.165, 1.54) is 6.92 Å². The zero-order valence-electron chi connectivity index (χ0n) is 6.00. The van der Waals surface area contributed by atoms with Crippen molar-refractivity contribution in [2.24, 2.45) is 5.73 Å². The lowest BCUT2D eigenvalue weighted by Gasteiger charge is -2.07. The van der Waals surface area contributed by atoms with Crippen LogP contribution < -0.4 is 5.73 Å². The summed E-state index contributed by atoms with van der Waals surface area (Å²) in [5.74, 6) is 0. The first-order valence-electron chi connectivity index (χ1n) is 2.89. The van der Waals surface area contributed by atoms with Gasteiger partial charge in [-0.05, 0) is 12.5 Å². The van der Waals surface area contributed by atoms with Crippen LogP contribution in [0.5, 0.6) is 0 Å². The molecule has 0 heterocycles. The van der Waals surface area contributed by atoms with Crippen LogP contribution >= 0.6 is 0 Å². The number of rotatable bonds is 2. The monoisotopic (exact) mass is 166 g/mol. The van der Waals surface area contributed by atoms with Gasteiger partial charge in [0, 0.05) is 11.9 Å². The molecule has 11 heavy (non-hydrogen) atoms. The Morgan fingerprint density at radius 3 is 2.09 bits per heavy atom. The van der Waals surface area contributed by atoms with Crippen LogP contribution in [0.4, 0.5) is 13.2 Å². The second-order valence-corrected chi connectivity index (χ2v) is 2.14. The van der Waals surface area contributed by atoms with Crippen LogP contribution in [0.25, 0.3) is 0 Å². The van der Waals surface area contributed by atoms with E-state index in [0.717, 1.165) is 0 Å². The molecule has 0 aliphatic heterocycles. The molecule has 0 amide bonds. The molecule has 0 aromatic heterocycles. The molecular weight excluding hydrogens is 157 g/mol. The molecule has 3 N–H and O–H groups in total. The highest BCUT2D eigenvalue weighted by Gasteiger charge is 2.28. The molecule has 0 aromatic carbocycles. The maximum absolute atomic E-state index is 11.7. The molecule has 0 aliphatic rings. The van der Waals surface area contributed by atoms with Gasteiger partial charge in [0.15, 0.2) is 0 Å². The molecule has 0 saturated carbocycles. The van der Waals surface area contributed by atoms with Crippen molar-refractivity contribution in [3.8, 4) is 0 Å². The van der Waals surface area contributed by atoms with Crippen LogP contribution in [0.3, 0.4) is 0 Å². The minimum Gasteiger partial charge on any atom is -0.402 e. The van der Waals surface area contributed by atoms with E-state index in [1.54, 1.807) is 0 Å². The Hall–Kier alpha value is -1.00. The third kappa shape index (κ3) is 4.41. The maximum atomic E-state index is 11.7. The maximum Gasteiger partial charge on any atom is 0.393 e.